The molecule has 1 aliphatic carbocycles. The topological polar surface area (TPSA) is 24.5 Å². The van der Waals surface area contributed by atoms with E-state index in [1.54, 1.807) is 7.11 Å². The Morgan fingerprint density at radius 3 is 2.55 bits per heavy atom. The van der Waals surface area contributed by atoms with E-state index < -0.39 is 0 Å². The standard InChI is InChI=1S/C17H28N2O/c1-14(12-15-8-5-6-9-16(15)20-4)18-13-17(19(2)3)10-7-11-17/h5-6,8-9,14,18H,7,10-13H2,1-4H3. The van der Waals surface area contributed by atoms with E-state index in [2.05, 4.69) is 43.4 Å². The van der Waals surface area contributed by atoms with E-state index in [1.807, 2.05) is 12.1 Å². The van der Waals surface area contributed by atoms with Crippen LogP contribution >= 0.6 is 0 Å². The lowest BCUT2D eigenvalue weighted by Crippen LogP contribution is -2.57. The summed E-state index contributed by atoms with van der Waals surface area (Å²) in [6.45, 7) is 3.34. The number of ether oxygens (including phenoxy) is 1. The number of para-hydroxylation sites is 1. The van der Waals surface area contributed by atoms with Gasteiger partial charge in [0.05, 0.1) is 7.11 Å². The van der Waals surface area contributed by atoms with Crippen LogP contribution in [-0.4, -0.2) is 44.2 Å². The smallest absolute Gasteiger partial charge is 0.122 e. The molecule has 1 fully saturated rings. The summed E-state index contributed by atoms with van der Waals surface area (Å²) in [5, 5.41) is 3.71. The number of rotatable bonds is 7. The van der Waals surface area contributed by atoms with Crippen LogP contribution in [0.4, 0.5) is 0 Å². The van der Waals surface area contributed by atoms with Crippen molar-refractivity contribution in [2.24, 2.45) is 0 Å². The SMILES string of the molecule is COc1ccccc1CC(C)NCC1(N(C)C)CCC1. The molecule has 1 unspecified atom stereocenters. The van der Waals surface area contributed by atoms with Gasteiger partial charge in [-0.05, 0) is 58.3 Å². The first-order valence-corrected chi connectivity index (χ1v) is 7.60. The quantitative estimate of drug-likeness (QED) is 0.828. The summed E-state index contributed by atoms with van der Waals surface area (Å²) in [6, 6.07) is 8.76. The molecule has 0 aliphatic heterocycles. The highest BCUT2D eigenvalue weighted by Crippen LogP contribution is 2.35. The lowest BCUT2D eigenvalue weighted by Gasteiger charge is -2.48. The number of hydrogen-bond donors (Lipinski definition) is 1. The highest BCUT2D eigenvalue weighted by molar-refractivity contribution is 5.33. The Morgan fingerprint density at radius 2 is 2.00 bits per heavy atom. The average Bonchev–Trinajstić information content (AvgIpc) is 2.37. The summed E-state index contributed by atoms with van der Waals surface area (Å²) < 4.78 is 5.43. The third kappa shape index (κ3) is 3.33. The van der Waals surface area contributed by atoms with Crippen molar-refractivity contribution in [1.29, 1.82) is 0 Å². The minimum Gasteiger partial charge on any atom is -0.496 e. The van der Waals surface area contributed by atoms with Crippen LogP contribution in [0.25, 0.3) is 0 Å². The molecule has 1 saturated carbocycles. The molecule has 1 aliphatic rings. The van der Waals surface area contributed by atoms with Crippen molar-refractivity contribution in [3.63, 3.8) is 0 Å². The molecule has 0 heterocycles. The molecule has 1 N–H and O–H groups in total. The molecule has 0 radical (unpaired) electrons. The van der Waals surface area contributed by atoms with Gasteiger partial charge in [-0.1, -0.05) is 18.2 Å². The molecule has 0 aromatic heterocycles. The van der Waals surface area contributed by atoms with Crippen molar-refractivity contribution in [1.82, 2.24) is 10.2 Å². The Labute approximate surface area is 123 Å². The average molecular weight is 276 g/mol. The van der Waals surface area contributed by atoms with E-state index in [0.29, 0.717) is 11.6 Å². The molecule has 1 aromatic rings. The number of nitrogens with one attached hydrogen (secondary N) is 1. The van der Waals surface area contributed by atoms with Crippen molar-refractivity contribution < 1.29 is 4.74 Å². The summed E-state index contributed by atoms with van der Waals surface area (Å²) in [6.07, 6.45) is 5.00. The fourth-order valence-electron chi connectivity index (χ4n) is 3.00. The maximum Gasteiger partial charge on any atom is 0.122 e. The molecule has 0 saturated heterocycles. The van der Waals surface area contributed by atoms with E-state index in [-0.39, 0.29) is 0 Å². The Hall–Kier alpha value is -1.06. The van der Waals surface area contributed by atoms with Crippen molar-refractivity contribution in [2.75, 3.05) is 27.7 Å². The molecule has 112 valence electrons. The maximum atomic E-state index is 5.43. The van der Waals surface area contributed by atoms with Gasteiger partial charge in [0.1, 0.15) is 5.75 Å². The number of hydrogen-bond acceptors (Lipinski definition) is 3. The van der Waals surface area contributed by atoms with E-state index in [4.69, 9.17) is 4.74 Å². The largest absolute Gasteiger partial charge is 0.496 e. The minimum atomic E-state index is 0.384. The molecule has 1 atom stereocenters. The molecule has 0 spiro atoms. The van der Waals surface area contributed by atoms with Crippen LogP contribution in [0, 0.1) is 0 Å². The van der Waals surface area contributed by atoms with Gasteiger partial charge in [0.15, 0.2) is 0 Å². The molecule has 20 heavy (non-hydrogen) atoms. The van der Waals surface area contributed by atoms with E-state index in [0.717, 1.165) is 18.7 Å². The maximum absolute atomic E-state index is 5.43. The molecule has 1 aromatic carbocycles. The van der Waals surface area contributed by atoms with E-state index in [9.17, 15) is 0 Å². The molecule has 3 heteroatoms. The summed E-state index contributed by atoms with van der Waals surface area (Å²) in [4.78, 5) is 2.39. The van der Waals surface area contributed by atoms with Crippen molar-refractivity contribution >= 4 is 0 Å². The summed E-state index contributed by atoms with van der Waals surface area (Å²) >= 11 is 0. The normalized spacial score (nSPS) is 18.6. The molecule has 3 nitrogen and oxygen atoms in total. The van der Waals surface area contributed by atoms with Gasteiger partial charge >= 0.3 is 0 Å². The monoisotopic (exact) mass is 276 g/mol. The molecular formula is C17H28N2O. The number of benzene rings is 1. The second-order valence-electron chi connectivity index (χ2n) is 6.27. The molecule has 2 rings (SSSR count). The third-order valence-electron chi connectivity index (χ3n) is 4.73. The van der Waals surface area contributed by atoms with Crippen molar-refractivity contribution in [3.05, 3.63) is 29.8 Å². The second-order valence-corrected chi connectivity index (χ2v) is 6.27. The Balaban J connectivity index is 1.88. The minimum absolute atomic E-state index is 0.384. The predicted octanol–water partition coefficient (Wildman–Crippen LogP) is 2.70. The lowest BCUT2D eigenvalue weighted by atomic mass is 9.75. The van der Waals surface area contributed by atoms with Crippen LogP contribution in [0.1, 0.15) is 31.7 Å². The zero-order chi connectivity index (χ0) is 14.6. The first-order chi connectivity index (χ1) is 9.57. The van der Waals surface area contributed by atoms with Gasteiger partial charge in [-0.3, -0.25) is 0 Å². The summed E-state index contributed by atoms with van der Waals surface area (Å²) in [7, 11) is 6.14. The number of likely N-dealkylation sites (N-methyl/N-ethyl adjacent to an activating group) is 1. The molecule has 0 bridgehead atoms. The Kier molecular flexibility index (Phi) is 5.06. The first-order valence-electron chi connectivity index (χ1n) is 7.60. The summed E-state index contributed by atoms with van der Waals surface area (Å²) in [5.41, 5.74) is 1.66. The number of nitrogens with zero attached hydrogens (tertiary/aromatic N) is 1. The van der Waals surface area contributed by atoms with Gasteiger partial charge in [-0.2, -0.15) is 0 Å². The first kappa shape index (κ1) is 15.3. The fourth-order valence-corrected chi connectivity index (χ4v) is 3.00. The predicted molar refractivity (Wildman–Crippen MR) is 84.4 cm³/mol. The highest BCUT2D eigenvalue weighted by atomic mass is 16.5. The van der Waals surface area contributed by atoms with Gasteiger partial charge < -0.3 is 15.0 Å². The highest BCUT2D eigenvalue weighted by Gasteiger charge is 2.38. The lowest BCUT2D eigenvalue weighted by molar-refractivity contribution is 0.0576. The van der Waals surface area contributed by atoms with Gasteiger partial charge in [0, 0.05) is 18.1 Å². The Morgan fingerprint density at radius 1 is 1.30 bits per heavy atom. The van der Waals surface area contributed by atoms with Crippen molar-refractivity contribution in [3.8, 4) is 5.75 Å². The third-order valence-corrected chi connectivity index (χ3v) is 4.73. The van der Waals surface area contributed by atoms with Crippen LogP contribution < -0.4 is 10.1 Å². The van der Waals surface area contributed by atoms with E-state index in [1.165, 1.54) is 24.8 Å². The number of methoxy groups -OCH3 is 1. The fraction of sp³-hybridized carbons (Fsp3) is 0.647. The van der Waals surface area contributed by atoms with Crippen LogP contribution in [-0.2, 0) is 6.42 Å². The zero-order valence-corrected chi connectivity index (χ0v) is 13.3. The van der Waals surface area contributed by atoms with Crippen LogP contribution in [0.2, 0.25) is 0 Å². The second kappa shape index (κ2) is 6.59. The molecule has 0 amide bonds. The van der Waals surface area contributed by atoms with Gasteiger partial charge in [0.2, 0.25) is 0 Å². The van der Waals surface area contributed by atoms with Gasteiger partial charge in [0.25, 0.3) is 0 Å². The van der Waals surface area contributed by atoms with Crippen LogP contribution in [0.3, 0.4) is 0 Å². The molecular weight excluding hydrogens is 248 g/mol. The zero-order valence-electron chi connectivity index (χ0n) is 13.3. The van der Waals surface area contributed by atoms with Crippen molar-refractivity contribution in [2.45, 2.75) is 44.2 Å². The van der Waals surface area contributed by atoms with E-state index >= 15 is 0 Å². The van der Waals surface area contributed by atoms with Gasteiger partial charge in [-0.25, -0.2) is 0 Å². The van der Waals surface area contributed by atoms with Crippen LogP contribution in [0.5, 0.6) is 5.75 Å². The van der Waals surface area contributed by atoms with Crippen LogP contribution in [0.15, 0.2) is 24.3 Å². The Bertz CT molecular complexity index is 427. The van der Waals surface area contributed by atoms with Gasteiger partial charge in [-0.15, -0.1) is 0 Å². The summed E-state index contributed by atoms with van der Waals surface area (Å²) in [5.74, 6) is 0.993.